The molecule has 0 fully saturated rings. The summed E-state index contributed by atoms with van der Waals surface area (Å²) in [7, 11) is 0. The lowest BCUT2D eigenvalue weighted by Crippen LogP contribution is -2.07. The first-order chi connectivity index (χ1) is 18.3. The highest BCUT2D eigenvalue weighted by atomic mass is 16.5. The Bertz CT molecular complexity index is 1120. The number of benzene rings is 3. The zero-order valence-corrected chi connectivity index (χ0v) is 27.1. The van der Waals surface area contributed by atoms with Gasteiger partial charge in [0, 0.05) is 11.1 Å². The molecule has 0 aromatic heterocycles. The third-order valence-corrected chi connectivity index (χ3v) is 8.11. The minimum absolute atomic E-state index is 0.414. The summed E-state index contributed by atoms with van der Waals surface area (Å²) < 4.78 is 6.67. The summed E-state index contributed by atoms with van der Waals surface area (Å²) in [5.41, 5.74) is 13.7. The normalized spacial score (nSPS) is 12.2. The van der Waals surface area contributed by atoms with E-state index in [0.717, 1.165) is 5.75 Å². The van der Waals surface area contributed by atoms with Crippen LogP contribution in [0.1, 0.15) is 159 Å². The molecule has 3 aromatic rings. The van der Waals surface area contributed by atoms with Crippen LogP contribution in [0.2, 0.25) is 0 Å². The van der Waals surface area contributed by atoms with Crippen molar-refractivity contribution in [3.8, 4) is 28.0 Å². The van der Waals surface area contributed by atoms with Crippen LogP contribution in [-0.4, -0.2) is 6.61 Å². The van der Waals surface area contributed by atoms with E-state index in [1.807, 2.05) is 0 Å². The Morgan fingerprint density at radius 2 is 0.795 bits per heavy atom. The molecule has 1 heteroatoms. The first kappa shape index (κ1) is 31.0. The number of para-hydroxylation sites is 1. The molecule has 39 heavy (non-hydrogen) atoms. The van der Waals surface area contributed by atoms with E-state index in [0.29, 0.717) is 42.1 Å². The van der Waals surface area contributed by atoms with Gasteiger partial charge in [-0.3, -0.25) is 0 Å². The van der Waals surface area contributed by atoms with Gasteiger partial charge in [0.1, 0.15) is 5.75 Å². The Kier molecular flexibility index (Phi) is 10.1. The lowest BCUT2D eigenvalue weighted by molar-refractivity contribution is 0.343. The van der Waals surface area contributed by atoms with Gasteiger partial charge < -0.3 is 4.74 Å². The molecule has 0 radical (unpaired) electrons. The van der Waals surface area contributed by atoms with Crippen LogP contribution in [0, 0.1) is 0 Å². The number of hydrogen-bond acceptors (Lipinski definition) is 1. The largest absolute Gasteiger partial charge is 0.493 e. The van der Waals surface area contributed by atoms with Crippen LogP contribution in [0.5, 0.6) is 5.75 Å². The zero-order chi connectivity index (χ0) is 29.2. The standard InChI is InChI=1S/C38H54O/c1-14-39-38-30(36-32(24(6)7)18-28(22(2)3)19-33(36)25(8)9)16-15-17-31(38)37-34(26(10)11)20-29(23(4)5)21-35(37)27(12)13/h15-27H,14H2,1-13H3. The maximum absolute atomic E-state index is 6.67. The maximum atomic E-state index is 6.67. The second-order valence-electron chi connectivity index (χ2n) is 13.2. The van der Waals surface area contributed by atoms with Crippen molar-refractivity contribution in [2.45, 2.75) is 126 Å². The number of ether oxygens (including phenoxy) is 1. The van der Waals surface area contributed by atoms with Gasteiger partial charge in [0.05, 0.1) is 6.61 Å². The SMILES string of the molecule is CCOc1c(-c2c(C(C)C)cc(C(C)C)cc2C(C)C)cccc1-c1c(C(C)C)cc(C(C)C)cc1C(C)C. The topological polar surface area (TPSA) is 9.23 Å². The van der Waals surface area contributed by atoms with E-state index in [1.165, 1.54) is 55.6 Å². The van der Waals surface area contributed by atoms with Crippen molar-refractivity contribution in [2.75, 3.05) is 6.61 Å². The third kappa shape index (κ3) is 6.45. The van der Waals surface area contributed by atoms with Crippen LogP contribution < -0.4 is 4.74 Å². The maximum Gasteiger partial charge on any atom is 0.134 e. The van der Waals surface area contributed by atoms with Crippen LogP contribution in [-0.2, 0) is 0 Å². The highest BCUT2D eigenvalue weighted by Crippen LogP contribution is 2.49. The molecule has 0 heterocycles. The number of rotatable bonds is 10. The second-order valence-corrected chi connectivity index (χ2v) is 13.2. The Hall–Kier alpha value is -2.54. The predicted octanol–water partition coefficient (Wildman–Crippen LogP) is 12.2. The highest BCUT2D eigenvalue weighted by molar-refractivity contribution is 5.88. The van der Waals surface area contributed by atoms with Gasteiger partial charge in [0.15, 0.2) is 0 Å². The van der Waals surface area contributed by atoms with E-state index >= 15 is 0 Å². The lowest BCUT2D eigenvalue weighted by Gasteiger charge is -2.28. The molecule has 0 saturated carbocycles. The fourth-order valence-electron chi connectivity index (χ4n) is 5.76. The van der Waals surface area contributed by atoms with E-state index in [4.69, 9.17) is 4.74 Å². The first-order valence-electron chi connectivity index (χ1n) is 15.4. The summed E-state index contributed by atoms with van der Waals surface area (Å²) in [6.07, 6.45) is 0. The van der Waals surface area contributed by atoms with Crippen molar-refractivity contribution in [1.29, 1.82) is 0 Å². The summed E-state index contributed by atoms with van der Waals surface area (Å²) in [6, 6.07) is 16.7. The highest BCUT2D eigenvalue weighted by Gasteiger charge is 2.26. The average molecular weight is 527 g/mol. The molecule has 0 saturated heterocycles. The summed E-state index contributed by atoms with van der Waals surface area (Å²) in [5, 5.41) is 0. The Morgan fingerprint density at radius 1 is 0.487 bits per heavy atom. The van der Waals surface area contributed by atoms with E-state index in [1.54, 1.807) is 0 Å². The Morgan fingerprint density at radius 3 is 1.03 bits per heavy atom. The monoisotopic (exact) mass is 526 g/mol. The van der Waals surface area contributed by atoms with E-state index in [2.05, 4.69) is 132 Å². The molecule has 3 aromatic carbocycles. The molecule has 0 atom stereocenters. The first-order valence-corrected chi connectivity index (χ1v) is 15.4. The molecule has 0 spiro atoms. The minimum Gasteiger partial charge on any atom is -0.493 e. The summed E-state index contributed by atoms with van der Waals surface area (Å²) >= 11 is 0. The molecule has 0 unspecified atom stereocenters. The molecule has 0 N–H and O–H groups in total. The van der Waals surface area contributed by atoms with E-state index < -0.39 is 0 Å². The Labute approximate surface area is 240 Å². The average Bonchev–Trinajstić information content (AvgIpc) is 2.87. The van der Waals surface area contributed by atoms with Gasteiger partial charge in [-0.25, -0.2) is 0 Å². The third-order valence-electron chi connectivity index (χ3n) is 8.11. The van der Waals surface area contributed by atoms with Crippen molar-refractivity contribution in [1.82, 2.24) is 0 Å². The van der Waals surface area contributed by atoms with Gasteiger partial charge in [-0.2, -0.15) is 0 Å². The molecule has 0 aliphatic carbocycles. The van der Waals surface area contributed by atoms with Crippen molar-refractivity contribution < 1.29 is 4.74 Å². The number of hydrogen-bond donors (Lipinski definition) is 0. The van der Waals surface area contributed by atoms with E-state index in [9.17, 15) is 0 Å². The fraction of sp³-hybridized carbons (Fsp3) is 0.526. The smallest absolute Gasteiger partial charge is 0.134 e. The van der Waals surface area contributed by atoms with Crippen LogP contribution in [0.25, 0.3) is 22.3 Å². The quantitative estimate of drug-likeness (QED) is 0.255. The van der Waals surface area contributed by atoms with Gasteiger partial charge in [0.2, 0.25) is 0 Å². The molecule has 0 bridgehead atoms. The van der Waals surface area contributed by atoms with Crippen molar-refractivity contribution >= 4 is 0 Å². The van der Waals surface area contributed by atoms with Crippen molar-refractivity contribution in [2.24, 2.45) is 0 Å². The minimum atomic E-state index is 0.414. The summed E-state index contributed by atoms with van der Waals surface area (Å²) in [5.74, 6) is 3.67. The zero-order valence-electron chi connectivity index (χ0n) is 27.1. The lowest BCUT2D eigenvalue weighted by atomic mass is 9.78. The van der Waals surface area contributed by atoms with Gasteiger partial charge in [0.25, 0.3) is 0 Å². The fourth-order valence-corrected chi connectivity index (χ4v) is 5.76. The molecular formula is C38H54O. The Balaban J connectivity index is 2.52. The molecule has 0 aliphatic rings. The van der Waals surface area contributed by atoms with Gasteiger partial charge >= 0.3 is 0 Å². The van der Waals surface area contributed by atoms with Crippen LogP contribution in [0.15, 0.2) is 42.5 Å². The predicted molar refractivity (Wildman–Crippen MR) is 173 cm³/mol. The van der Waals surface area contributed by atoms with Gasteiger partial charge in [-0.1, -0.05) is 126 Å². The molecule has 0 aliphatic heterocycles. The molecule has 3 rings (SSSR count). The van der Waals surface area contributed by atoms with Crippen molar-refractivity contribution in [3.05, 3.63) is 75.8 Å². The van der Waals surface area contributed by atoms with Gasteiger partial charge in [-0.05, 0) is 86.9 Å². The van der Waals surface area contributed by atoms with Gasteiger partial charge in [-0.15, -0.1) is 0 Å². The van der Waals surface area contributed by atoms with Crippen LogP contribution in [0.3, 0.4) is 0 Å². The van der Waals surface area contributed by atoms with Crippen LogP contribution in [0.4, 0.5) is 0 Å². The van der Waals surface area contributed by atoms with E-state index in [-0.39, 0.29) is 0 Å². The molecule has 212 valence electrons. The summed E-state index contributed by atoms with van der Waals surface area (Å²) in [4.78, 5) is 0. The molecule has 1 nitrogen and oxygen atoms in total. The van der Waals surface area contributed by atoms with Crippen molar-refractivity contribution in [3.63, 3.8) is 0 Å². The second kappa shape index (κ2) is 12.8. The summed E-state index contributed by atoms with van der Waals surface area (Å²) in [6.45, 7) is 30.6. The molecular weight excluding hydrogens is 472 g/mol. The molecule has 0 amide bonds. The van der Waals surface area contributed by atoms with Crippen LogP contribution >= 0.6 is 0 Å².